The maximum absolute atomic E-state index is 15.3. The molecule has 1 aliphatic carbocycles. The molecule has 0 N–H and O–H groups in total. The lowest BCUT2D eigenvalue weighted by atomic mass is 9.94. The molecule has 49 heavy (non-hydrogen) atoms. The summed E-state index contributed by atoms with van der Waals surface area (Å²) in [6, 6.07) is 2.07. The minimum atomic E-state index is -4.76. The van der Waals surface area contributed by atoms with Crippen molar-refractivity contribution in [1.29, 1.82) is 0 Å². The van der Waals surface area contributed by atoms with Crippen molar-refractivity contribution in [2.24, 2.45) is 26.8 Å². The molecule has 1 unspecified atom stereocenters. The summed E-state index contributed by atoms with van der Waals surface area (Å²) in [5.74, 6) is -1.63. The van der Waals surface area contributed by atoms with Crippen molar-refractivity contribution in [1.82, 2.24) is 0 Å². The number of aliphatic imine (C=N–C) groups is 3. The van der Waals surface area contributed by atoms with Gasteiger partial charge in [0.15, 0.2) is 0 Å². The minimum Gasteiger partial charge on any atom is -0.489 e. The molecule has 1 aromatic rings. The standard InChI is InChI=1S/C37H48F5N3O2.C2H6/c1-10-14-18-43-36(46-9)33(25(7)28-16-17-28)31(15-11-2)44-21-24(6)26(8)47-22-27-19-29(38)34(30(39)20-27)35(23(5)12-3)45-32(13-4)37(40,41)42;1-2/h13,18-21,23,28H,7-8,10-12,14-17,22H2,1-6,9H3;1-2H3/b24-21-,32-13-,36-33-,43-18-,44-31-,45-35?;. The Morgan fingerprint density at radius 1 is 1.06 bits per heavy atom. The number of allylic oxidation sites excluding steroid dienone is 5. The van der Waals surface area contributed by atoms with E-state index in [1.54, 1.807) is 34.1 Å². The van der Waals surface area contributed by atoms with Crippen molar-refractivity contribution in [3.63, 3.8) is 0 Å². The van der Waals surface area contributed by atoms with Gasteiger partial charge in [-0.3, -0.25) is 4.99 Å². The molecule has 0 amide bonds. The van der Waals surface area contributed by atoms with E-state index < -0.39 is 35.0 Å². The van der Waals surface area contributed by atoms with Gasteiger partial charge in [-0.2, -0.15) is 13.2 Å². The molecule has 1 fully saturated rings. The fourth-order valence-electron chi connectivity index (χ4n) is 4.58. The first-order valence-corrected chi connectivity index (χ1v) is 17.1. The van der Waals surface area contributed by atoms with E-state index in [1.807, 2.05) is 20.1 Å². The molecule has 5 nitrogen and oxygen atoms in total. The summed E-state index contributed by atoms with van der Waals surface area (Å²) in [6.07, 6.45) is 5.13. The molecule has 0 saturated heterocycles. The summed E-state index contributed by atoms with van der Waals surface area (Å²) in [5.41, 5.74) is 1.11. The fourth-order valence-corrected chi connectivity index (χ4v) is 4.58. The minimum absolute atomic E-state index is 0.138. The Morgan fingerprint density at radius 2 is 1.67 bits per heavy atom. The maximum atomic E-state index is 15.3. The topological polar surface area (TPSA) is 55.5 Å². The SMILES string of the molecule is C=C(OCc1cc(F)c(C(=N/C(=C\C)C(F)(F)F)C(C)CC)c(F)c1)\C(C)=C/N=C(CCC)\C(C(=C)C1CC1)=C(\N=C/CCC)OC.CC. The fraction of sp³-hybridized carbons (Fsp3) is 0.513. The van der Waals surface area contributed by atoms with Gasteiger partial charge in [-0.15, -0.1) is 0 Å². The Labute approximate surface area is 290 Å². The highest BCUT2D eigenvalue weighted by Crippen LogP contribution is 2.41. The highest BCUT2D eigenvalue weighted by molar-refractivity contribution is 6.05. The molecule has 10 heteroatoms. The molecule has 1 saturated carbocycles. The smallest absolute Gasteiger partial charge is 0.433 e. The highest BCUT2D eigenvalue weighted by Gasteiger charge is 2.35. The van der Waals surface area contributed by atoms with E-state index in [4.69, 9.17) is 14.5 Å². The van der Waals surface area contributed by atoms with Crippen LogP contribution in [0, 0.1) is 23.5 Å². The van der Waals surface area contributed by atoms with Gasteiger partial charge in [-0.25, -0.2) is 18.8 Å². The highest BCUT2D eigenvalue weighted by atomic mass is 19.4. The van der Waals surface area contributed by atoms with Gasteiger partial charge in [0.2, 0.25) is 5.88 Å². The Balaban J connectivity index is 0.00000589. The molecule has 272 valence electrons. The summed E-state index contributed by atoms with van der Waals surface area (Å²) in [6.45, 7) is 22.4. The van der Waals surface area contributed by atoms with Crippen LogP contribution in [0.25, 0.3) is 0 Å². The largest absolute Gasteiger partial charge is 0.489 e. The molecule has 1 atom stereocenters. The third-order valence-corrected chi connectivity index (χ3v) is 7.71. The lowest BCUT2D eigenvalue weighted by Crippen LogP contribution is -2.20. The number of hydrogen-bond acceptors (Lipinski definition) is 5. The van der Waals surface area contributed by atoms with Crippen molar-refractivity contribution in [3.8, 4) is 0 Å². The molecule has 2 rings (SSSR count). The molecule has 1 aromatic carbocycles. The van der Waals surface area contributed by atoms with E-state index in [9.17, 15) is 13.2 Å². The molecule has 0 heterocycles. The lowest BCUT2D eigenvalue weighted by Gasteiger charge is -2.18. The van der Waals surface area contributed by atoms with E-state index in [1.165, 1.54) is 6.92 Å². The van der Waals surface area contributed by atoms with Gasteiger partial charge >= 0.3 is 6.18 Å². The molecule has 0 spiro atoms. The van der Waals surface area contributed by atoms with Gasteiger partial charge in [0, 0.05) is 18.0 Å². The molecular weight excluding hydrogens is 637 g/mol. The van der Waals surface area contributed by atoms with Crippen LogP contribution in [-0.4, -0.2) is 30.9 Å². The van der Waals surface area contributed by atoms with E-state index in [0.717, 1.165) is 67.2 Å². The van der Waals surface area contributed by atoms with Crippen LogP contribution in [0.15, 0.2) is 86.6 Å². The van der Waals surface area contributed by atoms with Crippen molar-refractivity contribution >= 4 is 17.6 Å². The Hall–Kier alpha value is -3.82. The zero-order chi connectivity index (χ0) is 37.3. The van der Waals surface area contributed by atoms with Crippen molar-refractivity contribution in [2.45, 2.75) is 113 Å². The first-order chi connectivity index (χ1) is 23.2. The number of nitrogens with zero attached hydrogens (tertiary/aromatic N) is 3. The molecule has 0 aliphatic heterocycles. The number of ether oxygens (including phenoxy) is 2. The van der Waals surface area contributed by atoms with Gasteiger partial charge in [0.25, 0.3) is 0 Å². The summed E-state index contributed by atoms with van der Waals surface area (Å²) < 4.78 is 82.3. The van der Waals surface area contributed by atoms with Gasteiger partial charge in [0.1, 0.15) is 29.7 Å². The number of alkyl halides is 3. The van der Waals surface area contributed by atoms with E-state index in [-0.39, 0.29) is 23.6 Å². The van der Waals surface area contributed by atoms with Crippen LogP contribution in [0.5, 0.6) is 0 Å². The van der Waals surface area contributed by atoms with Crippen LogP contribution in [0.4, 0.5) is 22.0 Å². The molecule has 0 bridgehead atoms. The first-order valence-electron chi connectivity index (χ1n) is 17.1. The van der Waals surface area contributed by atoms with Crippen LogP contribution in [-0.2, 0) is 16.1 Å². The second-order valence-electron chi connectivity index (χ2n) is 11.5. The predicted molar refractivity (Wildman–Crippen MR) is 193 cm³/mol. The second kappa shape index (κ2) is 21.3. The van der Waals surface area contributed by atoms with Gasteiger partial charge in [-0.05, 0) is 81.1 Å². The van der Waals surface area contributed by atoms with Gasteiger partial charge in [0.05, 0.1) is 29.7 Å². The summed E-state index contributed by atoms with van der Waals surface area (Å²) >= 11 is 0. The van der Waals surface area contributed by atoms with Gasteiger partial charge in [-0.1, -0.05) is 73.6 Å². The van der Waals surface area contributed by atoms with Crippen LogP contribution in [0.3, 0.4) is 0 Å². The van der Waals surface area contributed by atoms with Crippen LogP contribution in [0.2, 0.25) is 0 Å². The monoisotopic (exact) mass is 691 g/mol. The van der Waals surface area contributed by atoms with E-state index in [2.05, 4.69) is 37.0 Å². The number of unbranched alkanes of at least 4 members (excludes halogenated alkanes) is 1. The Bertz CT molecular complexity index is 1440. The lowest BCUT2D eigenvalue weighted by molar-refractivity contribution is -0.0924. The van der Waals surface area contributed by atoms with Crippen LogP contribution < -0.4 is 0 Å². The number of rotatable bonds is 18. The normalized spacial score (nSPS) is 15.8. The second-order valence-corrected chi connectivity index (χ2v) is 11.5. The molecule has 1 aliphatic rings. The molecular formula is C39H54F5N3O2. The molecule has 0 radical (unpaired) electrons. The average Bonchev–Trinajstić information content (AvgIpc) is 3.92. The van der Waals surface area contributed by atoms with Crippen molar-refractivity contribution in [2.75, 3.05) is 7.11 Å². The summed E-state index contributed by atoms with van der Waals surface area (Å²) in [5, 5.41) is 0. The van der Waals surface area contributed by atoms with Crippen LogP contribution >= 0.6 is 0 Å². The van der Waals surface area contributed by atoms with Crippen molar-refractivity contribution < 1.29 is 31.4 Å². The van der Waals surface area contributed by atoms with Crippen molar-refractivity contribution in [3.05, 3.63) is 94.4 Å². The summed E-state index contributed by atoms with van der Waals surface area (Å²) in [4.78, 5) is 13.0. The third kappa shape index (κ3) is 13.2. The van der Waals surface area contributed by atoms with Crippen LogP contribution in [0.1, 0.15) is 111 Å². The zero-order valence-corrected chi connectivity index (χ0v) is 30.7. The Kier molecular flexibility index (Phi) is 18.8. The number of methoxy groups -OCH3 is 1. The zero-order valence-electron chi connectivity index (χ0n) is 30.7. The molecule has 0 aromatic heterocycles. The van der Waals surface area contributed by atoms with E-state index >= 15 is 8.78 Å². The Morgan fingerprint density at radius 3 is 2.14 bits per heavy atom. The average molecular weight is 692 g/mol. The first kappa shape index (κ1) is 43.2. The van der Waals surface area contributed by atoms with Gasteiger partial charge < -0.3 is 9.47 Å². The number of halogens is 5. The maximum Gasteiger partial charge on any atom is 0.433 e. The third-order valence-electron chi connectivity index (χ3n) is 7.71. The predicted octanol–water partition coefficient (Wildman–Crippen LogP) is 12.2. The quantitative estimate of drug-likeness (QED) is 0.0666. The number of hydrogen-bond donors (Lipinski definition) is 0. The van der Waals surface area contributed by atoms with E-state index in [0.29, 0.717) is 30.2 Å². The number of benzene rings is 1. The summed E-state index contributed by atoms with van der Waals surface area (Å²) in [7, 11) is 1.58.